The van der Waals surface area contributed by atoms with Crippen LogP contribution in [0.5, 0.6) is 0 Å². The molecular formula is C29H37N5O3S. The van der Waals surface area contributed by atoms with E-state index < -0.39 is 6.23 Å². The maximum absolute atomic E-state index is 13.6. The van der Waals surface area contributed by atoms with E-state index in [-0.39, 0.29) is 30.3 Å². The maximum Gasteiger partial charge on any atom is 0.243 e. The Labute approximate surface area is 228 Å². The summed E-state index contributed by atoms with van der Waals surface area (Å²) in [6.45, 7) is 15.5. The molecule has 0 radical (unpaired) electrons. The number of aromatic nitrogens is 1. The molecule has 2 aliphatic rings. The lowest BCUT2D eigenvalue weighted by Crippen LogP contribution is -2.47. The van der Waals surface area contributed by atoms with Crippen LogP contribution < -0.4 is 15.5 Å². The third-order valence-electron chi connectivity index (χ3n) is 7.16. The van der Waals surface area contributed by atoms with Gasteiger partial charge in [-0.15, -0.1) is 11.3 Å². The summed E-state index contributed by atoms with van der Waals surface area (Å²) in [6.07, 6.45) is 7.52. The second-order valence-corrected chi connectivity index (χ2v) is 11.4. The number of nitrogens with zero attached hydrogens (tertiary/aromatic N) is 3. The van der Waals surface area contributed by atoms with Crippen molar-refractivity contribution in [2.75, 3.05) is 4.90 Å². The summed E-state index contributed by atoms with van der Waals surface area (Å²) >= 11 is 1.34. The summed E-state index contributed by atoms with van der Waals surface area (Å²) in [5.74, 6) is 0.169. The number of amides is 2. The van der Waals surface area contributed by atoms with E-state index in [9.17, 15) is 14.7 Å². The van der Waals surface area contributed by atoms with Crippen molar-refractivity contribution in [2.45, 2.75) is 78.1 Å². The number of aliphatic hydroxyl groups excluding tert-OH is 1. The molecule has 0 bridgehead atoms. The molecule has 3 heterocycles. The van der Waals surface area contributed by atoms with E-state index in [1.54, 1.807) is 11.1 Å². The quantitative estimate of drug-likeness (QED) is 0.244. The first-order valence-corrected chi connectivity index (χ1v) is 13.9. The summed E-state index contributed by atoms with van der Waals surface area (Å²) in [6, 6.07) is 1.86. The van der Waals surface area contributed by atoms with Gasteiger partial charge in [-0.25, -0.2) is 0 Å². The van der Waals surface area contributed by atoms with E-state index in [1.807, 2.05) is 26.0 Å². The van der Waals surface area contributed by atoms with Crippen LogP contribution in [0.15, 0.2) is 36.0 Å². The summed E-state index contributed by atoms with van der Waals surface area (Å²) in [5.41, 5.74) is 5.02. The summed E-state index contributed by atoms with van der Waals surface area (Å²) < 4.78 is 0. The Morgan fingerprint density at radius 3 is 2.74 bits per heavy atom. The van der Waals surface area contributed by atoms with E-state index >= 15 is 0 Å². The Morgan fingerprint density at radius 1 is 1.37 bits per heavy atom. The predicted molar refractivity (Wildman–Crippen MR) is 154 cm³/mol. The van der Waals surface area contributed by atoms with Crippen LogP contribution in [-0.2, 0) is 22.4 Å². The molecule has 1 aliphatic carbocycles. The van der Waals surface area contributed by atoms with Crippen molar-refractivity contribution in [1.29, 1.82) is 0 Å². The number of anilines is 1. The number of carbonyl (C=O) groups is 2. The minimum Gasteiger partial charge on any atom is -0.373 e. The number of rotatable bonds is 9. The van der Waals surface area contributed by atoms with Crippen LogP contribution in [0.2, 0.25) is 0 Å². The Morgan fingerprint density at radius 2 is 2.11 bits per heavy atom. The first kappa shape index (κ1) is 27.9. The Hall–Kier alpha value is -3.14. The number of aliphatic imine (C=N–C) groups is 1. The fraction of sp³-hybridized carbons (Fsp3) is 0.448. The van der Waals surface area contributed by atoms with Crippen LogP contribution in [0.1, 0.15) is 73.5 Å². The molecule has 1 saturated carbocycles. The molecule has 4 rings (SSSR count). The third kappa shape index (κ3) is 5.50. The van der Waals surface area contributed by atoms with Crippen molar-refractivity contribution in [3.8, 4) is 0 Å². The van der Waals surface area contributed by atoms with Crippen LogP contribution in [0, 0.1) is 12.8 Å². The molecule has 9 heteroatoms. The van der Waals surface area contributed by atoms with Gasteiger partial charge in [0.1, 0.15) is 11.2 Å². The highest BCUT2D eigenvalue weighted by molar-refractivity contribution is 7.16. The SMILES string of the molecule is C=CC(=O)N[C@H]1CCC[C@H]1NC(O)c1sc(N=C)c2c1CC(=O)N(c1cnc(CC(C)C)cc1C)/C2=C/C. The Bertz CT molecular complexity index is 1280. The molecule has 2 amide bonds. The molecule has 3 atom stereocenters. The van der Waals surface area contributed by atoms with E-state index in [1.165, 1.54) is 17.4 Å². The van der Waals surface area contributed by atoms with Crippen molar-refractivity contribution >= 4 is 46.3 Å². The molecule has 0 saturated heterocycles. The molecule has 2 aromatic heterocycles. The lowest BCUT2D eigenvalue weighted by molar-refractivity contribution is -0.118. The Kier molecular flexibility index (Phi) is 8.60. The number of hydrogen-bond donors (Lipinski definition) is 3. The lowest BCUT2D eigenvalue weighted by atomic mass is 9.95. The second-order valence-electron chi connectivity index (χ2n) is 10.3. The van der Waals surface area contributed by atoms with Gasteiger partial charge in [0, 0.05) is 23.3 Å². The van der Waals surface area contributed by atoms with Crippen molar-refractivity contribution < 1.29 is 14.7 Å². The van der Waals surface area contributed by atoms with Crippen molar-refractivity contribution in [3.05, 3.63) is 58.3 Å². The molecule has 38 heavy (non-hydrogen) atoms. The molecule has 1 fully saturated rings. The van der Waals surface area contributed by atoms with Gasteiger partial charge in [-0.05, 0) is 75.4 Å². The van der Waals surface area contributed by atoms with Crippen molar-refractivity contribution in [3.63, 3.8) is 0 Å². The van der Waals surface area contributed by atoms with Gasteiger partial charge < -0.3 is 10.4 Å². The monoisotopic (exact) mass is 535 g/mol. The van der Waals surface area contributed by atoms with Gasteiger partial charge in [-0.3, -0.25) is 29.8 Å². The summed E-state index contributed by atoms with van der Waals surface area (Å²) in [5, 5.41) is 18.2. The average molecular weight is 536 g/mol. The van der Waals surface area contributed by atoms with Crippen LogP contribution in [0.4, 0.5) is 10.7 Å². The van der Waals surface area contributed by atoms with Gasteiger partial charge in [0.15, 0.2) is 0 Å². The average Bonchev–Trinajstić information content (AvgIpc) is 3.47. The van der Waals surface area contributed by atoms with Gasteiger partial charge in [-0.1, -0.05) is 26.5 Å². The van der Waals surface area contributed by atoms with Crippen LogP contribution >= 0.6 is 11.3 Å². The van der Waals surface area contributed by atoms with E-state index in [2.05, 4.69) is 47.8 Å². The van der Waals surface area contributed by atoms with Gasteiger partial charge in [0.05, 0.1) is 28.9 Å². The number of aliphatic hydroxyl groups is 1. The molecule has 202 valence electrons. The highest BCUT2D eigenvalue weighted by Gasteiger charge is 2.38. The maximum atomic E-state index is 13.6. The molecule has 2 aromatic rings. The molecule has 3 N–H and O–H groups in total. The van der Waals surface area contributed by atoms with Crippen molar-refractivity contribution in [1.82, 2.24) is 15.6 Å². The normalized spacial score (nSPS) is 21.1. The molecular weight excluding hydrogens is 498 g/mol. The van der Waals surface area contributed by atoms with Gasteiger partial charge in [-0.2, -0.15) is 0 Å². The smallest absolute Gasteiger partial charge is 0.243 e. The first-order valence-electron chi connectivity index (χ1n) is 13.1. The zero-order chi connectivity index (χ0) is 27.6. The number of aryl methyl sites for hydroxylation is 1. The van der Waals surface area contributed by atoms with Crippen LogP contribution in [0.25, 0.3) is 5.70 Å². The molecule has 1 aliphatic heterocycles. The number of hydrogen-bond acceptors (Lipinski definition) is 7. The molecule has 0 spiro atoms. The Balaban J connectivity index is 1.66. The van der Waals surface area contributed by atoms with Crippen LogP contribution in [-0.4, -0.2) is 40.7 Å². The van der Waals surface area contributed by atoms with E-state index in [4.69, 9.17) is 0 Å². The fourth-order valence-electron chi connectivity index (χ4n) is 5.48. The van der Waals surface area contributed by atoms with Gasteiger partial charge in [0.2, 0.25) is 11.8 Å². The zero-order valence-electron chi connectivity index (χ0n) is 22.6. The van der Waals surface area contributed by atoms with Gasteiger partial charge >= 0.3 is 0 Å². The fourth-order valence-corrected chi connectivity index (χ4v) is 6.56. The number of thiophene rings is 1. The third-order valence-corrected chi connectivity index (χ3v) is 8.37. The summed E-state index contributed by atoms with van der Waals surface area (Å²) in [4.78, 5) is 36.8. The molecule has 0 aromatic carbocycles. The molecule has 1 unspecified atom stereocenters. The number of nitrogens with one attached hydrogen (secondary N) is 2. The summed E-state index contributed by atoms with van der Waals surface area (Å²) in [7, 11) is 0. The minimum absolute atomic E-state index is 0.0917. The predicted octanol–water partition coefficient (Wildman–Crippen LogP) is 4.74. The lowest BCUT2D eigenvalue weighted by Gasteiger charge is -2.32. The second kappa shape index (κ2) is 11.7. The van der Waals surface area contributed by atoms with E-state index in [0.29, 0.717) is 21.5 Å². The number of fused-ring (bicyclic) bond motifs is 1. The number of pyridine rings is 1. The highest BCUT2D eigenvalue weighted by Crippen LogP contribution is 2.47. The molecule has 8 nitrogen and oxygen atoms in total. The topological polar surface area (TPSA) is 107 Å². The van der Waals surface area contributed by atoms with E-state index in [0.717, 1.165) is 53.8 Å². The zero-order valence-corrected chi connectivity index (χ0v) is 23.4. The standard InChI is InChI=1S/C29H37N5O3S/c1-7-22-26-19(14-25(36)34(22)23-15-31-18(12-16(3)4)13-17(23)5)27(38-29(26)30-6)28(37)33-21-11-9-10-20(21)32-24(35)8-2/h7-8,13,15-16,20-21,28,33,37H,2,6,9-12,14H2,1,3-5H3,(H,32,35)/b22-7+/t20-,21+,28?/m0/s1. The number of allylic oxidation sites excluding steroid dienone is 1. The highest BCUT2D eigenvalue weighted by atomic mass is 32.1. The first-order chi connectivity index (χ1) is 18.2. The van der Waals surface area contributed by atoms with Gasteiger partial charge in [0.25, 0.3) is 0 Å². The van der Waals surface area contributed by atoms with Crippen molar-refractivity contribution in [2.24, 2.45) is 10.9 Å². The minimum atomic E-state index is -1.01. The number of carbonyl (C=O) groups excluding carboxylic acids is 2. The largest absolute Gasteiger partial charge is 0.373 e. The van der Waals surface area contributed by atoms with Crippen LogP contribution in [0.3, 0.4) is 0 Å².